The third kappa shape index (κ3) is 1.31. The minimum atomic E-state index is 0.307. The highest BCUT2D eigenvalue weighted by Gasteiger charge is 2.16. The molecule has 3 rings (SSSR count). The predicted molar refractivity (Wildman–Crippen MR) is 57.6 cm³/mol. The van der Waals surface area contributed by atoms with Gasteiger partial charge in [0.05, 0.1) is 11.9 Å². The summed E-state index contributed by atoms with van der Waals surface area (Å²) < 4.78 is 2.23. The number of hydrogen-bond donors (Lipinski definition) is 1. The van der Waals surface area contributed by atoms with Gasteiger partial charge >= 0.3 is 0 Å². The lowest BCUT2D eigenvalue weighted by Gasteiger charge is -2.04. The summed E-state index contributed by atoms with van der Waals surface area (Å²) in [4.78, 5) is 4.38. The molecule has 0 saturated carbocycles. The highest BCUT2D eigenvalue weighted by Crippen LogP contribution is 2.27. The number of phenolic OH excluding ortho intramolecular Hbond substituents is 1. The molecule has 0 spiro atoms. The molecule has 1 aliphatic heterocycles. The maximum atomic E-state index is 9.43. The van der Waals surface area contributed by atoms with E-state index in [1.54, 1.807) is 12.1 Å². The molecule has 1 aliphatic rings. The molecule has 0 fully saturated rings. The van der Waals surface area contributed by atoms with Crippen molar-refractivity contribution in [2.45, 2.75) is 19.4 Å². The van der Waals surface area contributed by atoms with Crippen LogP contribution in [-0.2, 0) is 13.0 Å². The summed E-state index contributed by atoms with van der Waals surface area (Å²) in [5.41, 5.74) is 2.15. The maximum absolute atomic E-state index is 9.43. The number of imidazole rings is 1. The summed E-state index contributed by atoms with van der Waals surface area (Å²) in [7, 11) is 0. The van der Waals surface area contributed by atoms with Crippen LogP contribution in [0.2, 0.25) is 0 Å². The van der Waals surface area contributed by atoms with E-state index < -0.39 is 0 Å². The average molecular weight is 200 g/mol. The van der Waals surface area contributed by atoms with Crippen LogP contribution in [0.1, 0.15) is 12.2 Å². The van der Waals surface area contributed by atoms with E-state index in [1.807, 2.05) is 18.3 Å². The van der Waals surface area contributed by atoms with E-state index in [4.69, 9.17) is 0 Å². The topological polar surface area (TPSA) is 38.1 Å². The second-order valence-corrected chi connectivity index (χ2v) is 3.87. The van der Waals surface area contributed by atoms with Gasteiger partial charge in [-0.3, -0.25) is 0 Å². The van der Waals surface area contributed by atoms with Crippen LogP contribution < -0.4 is 0 Å². The highest BCUT2D eigenvalue weighted by atomic mass is 16.3. The van der Waals surface area contributed by atoms with Gasteiger partial charge in [-0.2, -0.15) is 0 Å². The summed E-state index contributed by atoms with van der Waals surface area (Å²) in [6.45, 7) is 1.04. The summed E-state index contributed by atoms with van der Waals surface area (Å²) >= 11 is 0. The van der Waals surface area contributed by atoms with E-state index in [-0.39, 0.29) is 0 Å². The van der Waals surface area contributed by atoms with Gasteiger partial charge in [-0.1, -0.05) is 12.1 Å². The number of phenols is 1. The van der Waals surface area contributed by atoms with Crippen LogP contribution in [0.25, 0.3) is 11.3 Å². The lowest BCUT2D eigenvalue weighted by Crippen LogP contribution is -1.94. The highest BCUT2D eigenvalue weighted by molar-refractivity contribution is 5.61. The largest absolute Gasteiger partial charge is 0.508 e. The first-order valence-corrected chi connectivity index (χ1v) is 5.18. The molecule has 15 heavy (non-hydrogen) atoms. The quantitative estimate of drug-likeness (QED) is 0.766. The van der Waals surface area contributed by atoms with Crippen LogP contribution in [0.15, 0.2) is 30.5 Å². The Morgan fingerprint density at radius 1 is 1.33 bits per heavy atom. The van der Waals surface area contributed by atoms with Crippen molar-refractivity contribution in [3.8, 4) is 17.0 Å². The summed E-state index contributed by atoms with van der Waals surface area (Å²) in [5, 5.41) is 9.43. The Labute approximate surface area is 88.0 Å². The third-order valence-electron chi connectivity index (χ3n) is 2.86. The van der Waals surface area contributed by atoms with Gasteiger partial charge in [-0.05, 0) is 18.6 Å². The number of rotatable bonds is 1. The van der Waals surface area contributed by atoms with E-state index in [9.17, 15) is 5.11 Å². The van der Waals surface area contributed by atoms with Gasteiger partial charge in [0.25, 0.3) is 0 Å². The zero-order valence-corrected chi connectivity index (χ0v) is 8.35. The smallest absolute Gasteiger partial charge is 0.116 e. The summed E-state index contributed by atoms with van der Waals surface area (Å²) in [6.07, 6.45) is 4.14. The van der Waals surface area contributed by atoms with Crippen LogP contribution in [-0.4, -0.2) is 14.7 Å². The van der Waals surface area contributed by atoms with Gasteiger partial charge in [0.2, 0.25) is 0 Å². The zero-order valence-electron chi connectivity index (χ0n) is 8.35. The number of hydrogen-bond acceptors (Lipinski definition) is 2. The van der Waals surface area contributed by atoms with Crippen molar-refractivity contribution in [1.82, 2.24) is 9.55 Å². The molecule has 3 nitrogen and oxygen atoms in total. The molecule has 0 unspecified atom stereocenters. The molecule has 2 heterocycles. The summed E-state index contributed by atoms with van der Waals surface area (Å²) in [5.74, 6) is 1.47. The molecular formula is C12H12N2O. The summed E-state index contributed by atoms with van der Waals surface area (Å²) in [6, 6.07) is 7.33. The first-order chi connectivity index (χ1) is 7.34. The molecular weight excluding hydrogens is 188 g/mol. The SMILES string of the molecule is Oc1cccc(-c2cnc3n2CCC3)c1. The van der Waals surface area contributed by atoms with E-state index in [2.05, 4.69) is 9.55 Å². The van der Waals surface area contributed by atoms with Gasteiger partial charge in [0.15, 0.2) is 0 Å². The van der Waals surface area contributed by atoms with E-state index in [1.165, 1.54) is 6.42 Å². The van der Waals surface area contributed by atoms with Crippen LogP contribution >= 0.6 is 0 Å². The van der Waals surface area contributed by atoms with E-state index in [0.717, 1.165) is 30.0 Å². The first kappa shape index (κ1) is 8.53. The number of fused-ring (bicyclic) bond motifs is 1. The average Bonchev–Trinajstić information content (AvgIpc) is 2.77. The molecule has 2 aromatic rings. The van der Waals surface area contributed by atoms with Crippen molar-refractivity contribution in [2.24, 2.45) is 0 Å². The Balaban J connectivity index is 2.13. The molecule has 0 aliphatic carbocycles. The van der Waals surface area contributed by atoms with Crippen molar-refractivity contribution >= 4 is 0 Å². The monoisotopic (exact) mass is 200 g/mol. The maximum Gasteiger partial charge on any atom is 0.116 e. The number of aryl methyl sites for hydroxylation is 1. The number of benzene rings is 1. The van der Waals surface area contributed by atoms with E-state index >= 15 is 0 Å². The lowest BCUT2D eigenvalue weighted by atomic mass is 10.1. The molecule has 0 amide bonds. The molecule has 3 heteroatoms. The number of aromatic nitrogens is 2. The Hall–Kier alpha value is -1.77. The normalized spacial score (nSPS) is 14.1. The second kappa shape index (κ2) is 3.12. The molecule has 76 valence electrons. The van der Waals surface area contributed by atoms with Crippen molar-refractivity contribution in [3.05, 3.63) is 36.3 Å². The third-order valence-corrected chi connectivity index (χ3v) is 2.86. The lowest BCUT2D eigenvalue weighted by molar-refractivity contribution is 0.475. The molecule has 1 N–H and O–H groups in total. The molecule has 0 radical (unpaired) electrons. The van der Waals surface area contributed by atoms with E-state index in [0.29, 0.717) is 5.75 Å². The van der Waals surface area contributed by atoms with Gasteiger partial charge < -0.3 is 9.67 Å². The minimum Gasteiger partial charge on any atom is -0.508 e. The molecule has 0 bridgehead atoms. The van der Waals surface area contributed by atoms with Crippen molar-refractivity contribution in [1.29, 1.82) is 0 Å². The van der Waals surface area contributed by atoms with Crippen molar-refractivity contribution < 1.29 is 5.11 Å². The van der Waals surface area contributed by atoms with Gasteiger partial charge in [0.1, 0.15) is 11.6 Å². The fraction of sp³-hybridized carbons (Fsp3) is 0.250. The number of nitrogens with zero attached hydrogens (tertiary/aromatic N) is 2. The van der Waals surface area contributed by atoms with Crippen LogP contribution in [0.4, 0.5) is 0 Å². The molecule has 1 aromatic carbocycles. The van der Waals surface area contributed by atoms with Crippen LogP contribution in [0.5, 0.6) is 5.75 Å². The first-order valence-electron chi connectivity index (χ1n) is 5.18. The molecule has 0 saturated heterocycles. The Morgan fingerprint density at radius 3 is 3.13 bits per heavy atom. The van der Waals surface area contributed by atoms with Gasteiger partial charge in [0, 0.05) is 18.5 Å². The predicted octanol–water partition coefficient (Wildman–Crippen LogP) is 2.20. The fourth-order valence-corrected chi connectivity index (χ4v) is 2.15. The minimum absolute atomic E-state index is 0.307. The standard InChI is InChI=1S/C12H12N2O/c15-10-4-1-3-9(7-10)11-8-13-12-5-2-6-14(11)12/h1,3-4,7-8,15H,2,5-6H2. The fourth-order valence-electron chi connectivity index (χ4n) is 2.15. The van der Waals surface area contributed by atoms with Gasteiger partial charge in [-0.15, -0.1) is 0 Å². The Bertz CT molecular complexity index is 502. The molecule has 1 aromatic heterocycles. The number of aromatic hydroxyl groups is 1. The second-order valence-electron chi connectivity index (χ2n) is 3.87. The van der Waals surface area contributed by atoms with Crippen LogP contribution in [0, 0.1) is 0 Å². The Morgan fingerprint density at radius 2 is 2.27 bits per heavy atom. The Kier molecular flexibility index (Phi) is 1.78. The van der Waals surface area contributed by atoms with Crippen LogP contribution in [0.3, 0.4) is 0 Å². The van der Waals surface area contributed by atoms with Crippen molar-refractivity contribution in [2.75, 3.05) is 0 Å². The zero-order chi connectivity index (χ0) is 10.3. The van der Waals surface area contributed by atoms with Crippen molar-refractivity contribution in [3.63, 3.8) is 0 Å². The molecule has 0 atom stereocenters. The van der Waals surface area contributed by atoms with Gasteiger partial charge in [-0.25, -0.2) is 4.98 Å².